The van der Waals surface area contributed by atoms with Gasteiger partial charge in [0.15, 0.2) is 0 Å². The van der Waals surface area contributed by atoms with Crippen molar-refractivity contribution in [1.82, 2.24) is 16.0 Å². The lowest BCUT2D eigenvalue weighted by molar-refractivity contribution is 0.308. The Labute approximate surface area is 84.2 Å². The van der Waals surface area contributed by atoms with Crippen molar-refractivity contribution in [1.29, 1.82) is 0 Å². The lowest BCUT2D eigenvalue weighted by atomic mass is 10.6. The van der Waals surface area contributed by atoms with Gasteiger partial charge in [-0.25, -0.2) is 0 Å². The van der Waals surface area contributed by atoms with Crippen LogP contribution in [-0.2, 0) is 10.4 Å². The van der Waals surface area contributed by atoms with E-state index >= 15 is 0 Å². The molecule has 0 unspecified atom stereocenters. The van der Waals surface area contributed by atoms with Crippen molar-refractivity contribution in [3.05, 3.63) is 12.4 Å². The Hall–Kier alpha value is -0.830. The zero-order valence-electron chi connectivity index (χ0n) is 8.29. The second-order valence-corrected chi connectivity index (χ2v) is 3.45. The lowest BCUT2D eigenvalue weighted by Gasteiger charge is -2.14. The minimum Gasteiger partial charge on any atom is -0.362 e. The van der Waals surface area contributed by atoms with Gasteiger partial charge in [0.2, 0.25) is 0 Å². The molecule has 1 aliphatic heterocycles. The van der Waals surface area contributed by atoms with E-state index in [0.717, 1.165) is 13.2 Å². The van der Waals surface area contributed by atoms with E-state index in [9.17, 15) is 0 Å². The van der Waals surface area contributed by atoms with Gasteiger partial charge in [-0.15, -0.1) is 0 Å². The molecule has 1 rings (SSSR count). The van der Waals surface area contributed by atoms with Crippen LogP contribution in [0.25, 0.3) is 0 Å². The third kappa shape index (κ3) is 11.2. The lowest BCUT2D eigenvalue weighted by Crippen LogP contribution is -2.21. The van der Waals surface area contributed by atoms with Crippen LogP contribution in [0.15, 0.2) is 12.4 Å². The molecule has 0 amide bonds. The van der Waals surface area contributed by atoms with Crippen molar-refractivity contribution in [2.24, 2.45) is 0 Å². The molecule has 0 fully saturated rings. The molecule has 7 nitrogen and oxygen atoms in total. The van der Waals surface area contributed by atoms with Crippen LogP contribution in [0.1, 0.15) is 6.92 Å². The van der Waals surface area contributed by atoms with Crippen LogP contribution < -0.4 is 6.15 Å². The molecule has 0 aromatic rings. The second kappa shape index (κ2) is 6.60. The highest BCUT2D eigenvalue weighted by atomic mass is 32.3. The van der Waals surface area contributed by atoms with Gasteiger partial charge in [0.25, 0.3) is 0 Å². The Morgan fingerprint density at radius 2 is 1.79 bits per heavy atom. The fourth-order valence-corrected chi connectivity index (χ4v) is 0.794. The Morgan fingerprint density at radius 3 is 1.93 bits per heavy atom. The van der Waals surface area contributed by atoms with Gasteiger partial charge in [0.05, 0.1) is 6.67 Å². The Morgan fingerprint density at radius 1 is 1.36 bits per heavy atom. The molecule has 0 aromatic heterocycles. The number of hydrogen-bond donors (Lipinski definition) is 3. The Bertz CT molecular complexity index is 256. The van der Waals surface area contributed by atoms with Crippen molar-refractivity contribution >= 4 is 10.4 Å². The zero-order valence-corrected chi connectivity index (χ0v) is 9.11. The molecule has 5 N–H and O–H groups in total. The average Bonchev–Trinajstić information content (AvgIpc) is 2.31. The van der Waals surface area contributed by atoms with E-state index in [0.29, 0.717) is 0 Å². The monoisotopic (exact) mass is 227 g/mol. The first-order valence-corrected chi connectivity index (χ1v) is 5.05. The zero-order chi connectivity index (χ0) is 10.5. The van der Waals surface area contributed by atoms with Crippen LogP contribution in [0.3, 0.4) is 0 Å². The van der Waals surface area contributed by atoms with Crippen molar-refractivity contribution in [3.63, 3.8) is 0 Å². The summed E-state index contributed by atoms with van der Waals surface area (Å²) in [7, 11) is -2.59. The van der Waals surface area contributed by atoms with Crippen molar-refractivity contribution < 1.29 is 17.5 Å². The largest absolute Gasteiger partial charge is 0.394 e. The number of nitrogens with zero attached hydrogens (tertiary/aromatic N) is 2. The molecule has 8 heteroatoms. The summed E-state index contributed by atoms with van der Waals surface area (Å²) < 4.78 is 31.6. The number of rotatable bonds is 1. The fraction of sp³-hybridized carbons (Fsp3) is 0.667. The molecule has 0 saturated heterocycles. The molecular weight excluding hydrogens is 210 g/mol. The minimum absolute atomic E-state index is 0. The predicted molar refractivity (Wildman–Crippen MR) is 53.3 cm³/mol. The highest BCUT2D eigenvalue weighted by molar-refractivity contribution is 7.79. The highest BCUT2D eigenvalue weighted by Crippen LogP contribution is 2.00. The van der Waals surface area contributed by atoms with Gasteiger partial charge in [-0.2, -0.15) is 8.42 Å². The molecule has 14 heavy (non-hydrogen) atoms. The van der Waals surface area contributed by atoms with Gasteiger partial charge in [-0.1, -0.05) is 0 Å². The molecule has 86 valence electrons. The highest BCUT2D eigenvalue weighted by Gasteiger charge is 2.03. The molecule has 0 bridgehead atoms. The summed E-state index contributed by atoms with van der Waals surface area (Å²) in [5.74, 6) is 0. The Balaban J connectivity index is 0. The van der Waals surface area contributed by atoms with E-state index in [-0.39, 0.29) is 6.15 Å². The van der Waals surface area contributed by atoms with Crippen molar-refractivity contribution in [3.8, 4) is 0 Å². The van der Waals surface area contributed by atoms with Gasteiger partial charge >= 0.3 is 10.4 Å². The van der Waals surface area contributed by atoms with E-state index in [4.69, 9.17) is 17.5 Å². The molecule has 0 aromatic carbocycles. The summed E-state index contributed by atoms with van der Waals surface area (Å²) in [6.45, 7) is 4.32. The summed E-state index contributed by atoms with van der Waals surface area (Å²) in [5, 5.41) is 0. The summed E-state index contributed by atoms with van der Waals surface area (Å²) in [5.41, 5.74) is 0. The van der Waals surface area contributed by atoms with Crippen LogP contribution in [0.5, 0.6) is 0 Å². The molecule has 1 heterocycles. The van der Waals surface area contributed by atoms with Crippen LogP contribution in [0, 0.1) is 0 Å². The van der Waals surface area contributed by atoms with Crippen molar-refractivity contribution in [2.45, 2.75) is 6.92 Å². The first kappa shape index (κ1) is 15.6. The molecular formula is C6H17N3O4S. The molecule has 0 radical (unpaired) electrons. The SMILES string of the molecule is CCN1C=CN(C)C1.N.O=S(=O)(O)O. The second-order valence-electron chi connectivity index (χ2n) is 2.55. The third-order valence-electron chi connectivity index (χ3n) is 1.34. The average molecular weight is 227 g/mol. The van der Waals surface area contributed by atoms with Gasteiger partial charge < -0.3 is 16.0 Å². The summed E-state index contributed by atoms with van der Waals surface area (Å²) in [4.78, 5) is 4.41. The standard InChI is InChI=1S/C6H12N2.H3N.H2O4S/c1-3-8-5-4-7(2)6-8;;1-5(2,3)4/h4-5H,3,6H2,1-2H3;1H3;(H2,1,2,3,4). The summed E-state index contributed by atoms with van der Waals surface area (Å²) in [6, 6.07) is 0. The normalized spacial score (nSPS) is 14.6. The predicted octanol–water partition coefficient (Wildman–Crippen LogP) is 0.192. The third-order valence-corrected chi connectivity index (χ3v) is 1.34. The summed E-state index contributed by atoms with van der Waals surface area (Å²) >= 11 is 0. The maximum absolute atomic E-state index is 8.74. The minimum atomic E-state index is -4.67. The van der Waals surface area contributed by atoms with Gasteiger partial charge in [-0.05, 0) is 6.92 Å². The summed E-state index contributed by atoms with van der Waals surface area (Å²) in [6.07, 6.45) is 4.20. The first-order valence-electron chi connectivity index (χ1n) is 3.65. The van der Waals surface area contributed by atoms with Crippen molar-refractivity contribution in [2.75, 3.05) is 20.3 Å². The van der Waals surface area contributed by atoms with Crippen LogP contribution in [0.2, 0.25) is 0 Å². The smallest absolute Gasteiger partial charge is 0.362 e. The van der Waals surface area contributed by atoms with E-state index in [1.807, 2.05) is 0 Å². The number of hydrogen-bond acceptors (Lipinski definition) is 5. The molecule has 1 aliphatic rings. The maximum Gasteiger partial charge on any atom is 0.394 e. The van der Waals surface area contributed by atoms with Crippen LogP contribution in [-0.4, -0.2) is 47.6 Å². The topological polar surface area (TPSA) is 116 Å². The first-order chi connectivity index (χ1) is 5.83. The van der Waals surface area contributed by atoms with E-state index in [1.165, 1.54) is 0 Å². The van der Waals surface area contributed by atoms with Gasteiger partial charge in [0, 0.05) is 26.0 Å². The maximum atomic E-state index is 8.74. The quantitative estimate of drug-likeness (QED) is 0.547. The van der Waals surface area contributed by atoms with E-state index in [1.54, 1.807) is 0 Å². The van der Waals surface area contributed by atoms with Gasteiger partial charge in [0.1, 0.15) is 0 Å². The van der Waals surface area contributed by atoms with Crippen LogP contribution in [0.4, 0.5) is 0 Å². The molecule has 0 spiro atoms. The Kier molecular flexibility index (Phi) is 7.37. The molecule has 0 saturated carbocycles. The van der Waals surface area contributed by atoms with Crippen LogP contribution >= 0.6 is 0 Å². The van der Waals surface area contributed by atoms with E-state index < -0.39 is 10.4 Å². The fourth-order valence-electron chi connectivity index (χ4n) is 0.794. The van der Waals surface area contributed by atoms with Gasteiger partial charge in [-0.3, -0.25) is 9.11 Å². The molecule has 0 aliphatic carbocycles. The molecule has 0 atom stereocenters. The van der Waals surface area contributed by atoms with E-state index in [2.05, 4.69) is 36.2 Å².